The van der Waals surface area contributed by atoms with Crippen LogP contribution in [0.5, 0.6) is 0 Å². The summed E-state index contributed by atoms with van der Waals surface area (Å²) in [7, 11) is 0. The highest BCUT2D eigenvalue weighted by Gasteiger charge is 2.26. The van der Waals surface area contributed by atoms with E-state index in [2.05, 4.69) is 15.6 Å². The Hall–Kier alpha value is -3.00. The molecule has 0 bridgehead atoms. The molecule has 0 aliphatic heterocycles. The lowest BCUT2D eigenvalue weighted by molar-refractivity contribution is -0.120. The molecule has 2 rings (SSSR count). The Morgan fingerprint density at radius 2 is 1.93 bits per heavy atom. The summed E-state index contributed by atoms with van der Waals surface area (Å²) in [5, 5.41) is 14.2. The molecule has 9 heteroatoms. The highest BCUT2D eigenvalue weighted by atomic mass is 35.5. The van der Waals surface area contributed by atoms with Crippen LogP contribution in [0.4, 0.5) is 9.18 Å². The molecule has 3 N–H and O–H groups in total. The summed E-state index contributed by atoms with van der Waals surface area (Å²) in [4.78, 5) is 40.7. The van der Waals surface area contributed by atoms with Crippen LogP contribution in [0.15, 0.2) is 36.5 Å². The van der Waals surface area contributed by atoms with Crippen molar-refractivity contribution in [3.05, 3.63) is 64.2 Å². The number of rotatable bonds is 7. The van der Waals surface area contributed by atoms with Gasteiger partial charge in [0.15, 0.2) is 5.78 Å². The third-order valence-corrected chi connectivity index (χ3v) is 4.33. The van der Waals surface area contributed by atoms with Crippen LogP contribution in [-0.2, 0) is 17.6 Å². The third kappa shape index (κ3) is 6.81. The number of pyridine rings is 1. The predicted molar refractivity (Wildman–Crippen MR) is 110 cm³/mol. The van der Waals surface area contributed by atoms with Gasteiger partial charge in [-0.3, -0.25) is 14.6 Å². The molecule has 7 nitrogen and oxygen atoms in total. The van der Waals surface area contributed by atoms with Crippen LogP contribution in [0.3, 0.4) is 0 Å². The second-order valence-electron chi connectivity index (χ2n) is 7.79. The van der Waals surface area contributed by atoms with Crippen LogP contribution in [0.25, 0.3) is 0 Å². The first kappa shape index (κ1) is 23.3. The second-order valence-corrected chi connectivity index (χ2v) is 8.22. The summed E-state index contributed by atoms with van der Waals surface area (Å²) in [5.74, 6) is -1.59. The molecule has 1 atom stereocenters. The van der Waals surface area contributed by atoms with Crippen molar-refractivity contribution >= 4 is 29.4 Å². The maximum absolute atomic E-state index is 14.1. The van der Waals surface area contributed by atoms with Gasteiger partial charge in [-0.15, -0.1) is 0 Å². The zero-order chi connectivity index (χ0) is 22.5. The summed E-state index contributed by atoms with van der Waals surface area (Å²) in [6, 6.07) is 5.82. The van der Waals surface area contributed by atoms with Gasteiger partial charge in [0.05, 0.1) is 23.7 Å². The molecule has 0 aliphatic carbocycles. The van der Waals surface area contributed by atoms with Crippen molar-refractivity contribution in [1.29, 1.82) is 0 Å². The van der Waals surface area contributed by atoms with E-state index in [1.807, 2.05) is 20.8 Å². The van der Waals surface area contributed by atoms with Crippen LogP contribution in [0.1, 0.15) is 42.4 Å². The topological polar surface area (TPSA) is 108 Å². The number of amides is 2. The van der Waals surface area contributed by atoms with E-state index in [1.54, 1.807) is 6.07 Å². The Kier molecular flexibility index (Phi) is 7.50. The Morgan fingerprint density at radius 1 is 1.23 bits per heavy atom. The first-order chi connectivity index (χ1) is 14.0. The summed E-state index contributed by atoms with van der Waals surface area (Å²) in [5.41, 5.74) is 0.0667. The molecule has 2 amide bonds. The van der Waals surface area contributed by atoms with Crippen molar-refractivity contribution in [2.75, 3.05) is 0 Å². The molecule has 1 aromatic heterocycles. The number of hydrogen-bond donors (Lipinski definition) is 3. The number of benzene rings is 1. The molecule has 0 fully saturated rings. The molecule has 0 saturated carbocycles. The van der Waals surface area contributed by atoms with Gasteiger partial charge < -0.3 is 15.7 Å². The number of carbonyl (C=O) groups excluding carboxylic acids is 2. The first-order valence-electron chi connectivity index (χ1n) is 9.19. The standard InChI is InChI=1S/C21H23ClFN3O4/c1-21(2,3)26-19(28)14-5-4-8-24-16(14)11-18(27)17(25-20(29)30)9-12-6-7-13(22)10-15(12)23/h4-8,10,17,25H,9,11H2,1-3H3,(H,26,28)(H,29,30). The molecule has 0 aliphatic rings. The number of hydrogen-bond acceptors (Lipinski definition) is 4. The zero-order valence-corrected chi connectivity index (χ0v) is 17.6. The van der Waals surface area contributed by atoms with Crippen LogP contribution in [-0.4, -0.2) is 39.5 Å². The minimum Gasteiger partial charge on any atom is -0.465 e. The number of Topliss-reactive ketones (excluding diaryl/α,β-unsaturated/α-hetero) is 1. The maximum atomic E-state index is 14.1. The van der Waals surface area contributed by atoms with Gasteiger partial charge >= 0.3 is 6.09 Å². The molecule has 0 radical (unpaired) electrons. The smallest absolute Gasteiger partial charge is 0.405 e. The average molecular weight is 436 g/mol. The predicted octanol–water partition coefficient (Wildman–Crippen LogP) is 3.39. The number of halogens is 2. The fraction of sp³-hybridized carbons (Fsp3) is 0.333. The van der Waals surface area contributed by atoms with Gasteiger partial charge in [0.25, 0.3) is 5.91 Å². The van der Waals surface area contributed by atoms with Crippen molar-refractivity contribution in [3.63, 3.8) is 0 Å². The number of ketones is 1. The monoisotopic (exact) mass is 435 g/mol. The van der Waals surface area contributed by atoms with E-state index in [-0.39, 0.29) is 34.7 Å². The van der Waals surface area contributed by atoms with E-state index >= 15 is 0 Å². The van der Waals surface area contributed by atoms with E-state index in [0.29, 0.717) is 0 Å². The van der Waals surface area contributed by atoms with Gasteiger partial charge in [0.1, 0.15) is 5.82 Å². The van der Waals surface area contributed by atoms with Gasteiger partial charge in [-0.1, -0.05) is 17.7 Å². The van der Waals surface area contributed by atoms with Crippen LogP contribution >= 0.6 is 11.6 Å². The minimum absolute atomic E-state index is 0.137. The van der Waals surface area contributed by atoms with E-state index in [1.165, 1.54) is 24.4 Å². The molecule has 1 aromatic carbocycles. The summed E-state index contributed by atoms with van der Waals surface area (Å²) < 4.78 is 14.1. The highest BCUT2D eigenvalue weighted by Crippen LogP contribution is 2.17. The number of carboxylic acid groups (broad SMARTS) is 1. The SMILES string of the molecule is CC(C)(C)NC(=O)c1cccnc1CC(=O)C(Cc1ccc(Cl)cc1F)NC(=O)O. The summed E-state index contributed by atoms with van der Waals surface area (Å²) >= 11 is 5.74. The van der Waals surface area contributed by atoms with Crippen LogP contribution in [0, 0.1) is 5.82 Å². The normalized spacial score (nSPS) is 12.2. The van der Waals surface area contributed by atoms with Gasteiger partial charge in [0, 0.05) is 23.2 Å². The summed E-state index contributed by atoms with van der Waals surface area (Å²) in [6.07, 6.45) is -0.484. The fourth-order valence-electron chi connectivity index (χ4n) is 2.78. The zero-order valence-electron chi connectivity index (χ0n) is 16.8. The molecule has 0 spiro atoms. The van der Waals surface area contributed by atoms with Gasteiger partial charge in [-0.25, -0.2) is 9.18 Å². The first-order valence-corrected chi connectivity index (χ1v) is 9.56. The van der Waals surface area contributed by atoms with Crippen molar-refractivity contribution in [3.8, 4) is 0 Å². The lowest BCUT2D eigenvalue weighted by Crippen LogP contribution is -2.43. The van der Waals surface area contributed by atoms with Crippen LogP contribution in [0.2, 0.25) is 5.02 Å². The number of nitrogens with zero attached hydrogens (tertiary/aromatic N) is 1. The van der Waals surface area contributed by atoms with Gasteiger partial charge in [-0.2, -0.15) is 0 Å². The van der Waals surface area contributed by atoms with E-state index < -0.39 is 35.2 Å². The number of nitrogens with one attached hydrogen (secondary N) is 2. The van der Waals surface area contributed by atoms with Gasteiger partial charge in [0.2, 0.25) is 0 Å². The largest absolute Gasteiger partial charge is 0.465 e. The molecular formula is C21H23ClFN3O4. The molecule has 1 heterocycles. The fourth-order valence-corrected chi connectivity index (χ4v) is 2.94. The molecule has 30 heavy (non-hydrogen) atoms. The van der Waals surface area contributed by atoms with Gasteiger partial charge in [-0.05, 0) is 50.6 Å². The minimum atomic E-state index is -1.42. The third-order valence-electron chi connectivity index (χ3n) is 4.09. The number of carbonyl (C=O) groups is 3. The van der Waals surface area contributed by atoms with Crippen molar-refractivity contribution in [1.82, 2.24) is 15.6 Å². The highest BCUT2D eigenvalue weighted by molar-refractivity contribution is 6.30. The Morgan fingerprint density at radius 3 is 2.53 bits per heavy atom. The Balaban J connectivity index is 2.26. The maximum Gasteiger partial charge on any atom is 0.405 e. The average Bonchev–Trinajstić information content (AvgIpc) is 2.61. The van der Waals surface area contributed by atoms with Crippen molar-refractivity contribution < 1.29 is 23.9 Å². The number of aromatic nitrogens is 1. The van der Waals surface area contributed by atoms with Crippen molar-refractivity contribution in [2.45, 2.75) is 45.2 Å². The molecular weight excluding hydrogens is 413 g/mol. The molecule has 160 valence electrons. The lowest BCUT2D eigenvalue weighted by Gasteiger charge is -2.21. The Bertz CT molecular complexity index is 960. The lowest BCUT2D eigenvalue weighted by atomic mass is 9.97. The van der Waals surface area contributed by atoms with E-state index in [4.69, 9.17) is 16.7 Å². The summed E-state index contributed by atoms with van der Waals surface area (Å²) in [6.45, 7) is 5.46. The second kappa shape index (κ2) is 9.67. The quantitative estimate of drug-likeness (QED) is 0.617. The Labute approximate surface area is 178 Å². The van der Waals surface area contributed by atoms with E-state index in [0.717, 1.165) is 6.07 Å². The molecule has 1 unspecified atom stereocenters. The molecule has 2 aromatic rings. The van der Waals surface area contributed by atoms with Crippen LogP contribution < -0.4 is 10.6 Å². The van der Waals surface area contributed by atoms with E-state index in [9.17, 15) is 18.8 Å². The van der Waals surface area contributed by atoms with Crippen molar-refractivity contribution in [2.24, 2.45) is 0 Å². The molecule has 0 saturated heterocycles.